The summed E-state index contributed by atoms with van der Waals surface area (Å²) in [6.07, 6.45) is 2.26. The van der Waals surface area contributed by atoms with Crippen LogP contribution in [0.2, 0.25) is 5.02 Å². The molecule has 0 bridgehead atoms. The van der Waals surface area contributed by atoms with Crippen molar-refractivity contribution in [3.05, 3.63) is 65.2 Å². The van der Waals surface area contributed by atoms with Gasteiger partial charge in [-0.3, -0.25) is 4.79 Å². The highest BCUT2D eigenvalue weighted by Gasteiger charge is 2.22. The van der Waals surface area contributed by atoms with Gasteiger partial charge in [0.05, 0.1) is 11.1 Å². The summed E-state index contributed by atoms with van der Waals surface area (Å²) in [7, 11) is 0. The summed E-state index contributed by atoms with van der Waals surface area (Å²) < 4.78 is 0. The van der Waals surface area contributed by atoms with E-state index in [-0.39, 0.29) is 5.91 Å². The van der Waals surface area contributed by atoms with Gasteiger partial charge in [0.1, 0.15) is 5.82 Å². The number of hydrogen-bond acceptors (Lipinski definition) is 3. The summed E-state index contributed by atoms with van der Waals surface area (Å²) in [4.78, 5) is 19.9. The van der Waals surface area contributed by atoms with E-state index in [2.05, 4.69) is 10.2 Å². The van der Waals surface area contributed by atoms with Crippen molar-refractivity contribution >= 4 is 39.9 Å². The highest BCUT2D eigenvalue weighted by atomic mass is 35.5. The second-order valence-corrected chi connectivity index (χ2v) is 6.64. The van der Waals surface area contributed by atoms with Crippen molar-refractivity contribution in [3.63, 3.8) is 0 Å². The fourth-order valence-corrected chi connectivity index (χ4v) is 3.30. The molecule has 0 radical (unpaired) electrons. The Morgan fingerprint density at radius 3 is 2.52 bits per heavy atom. The fraction of sp³-hybridized carbons (Fsp3) is 0.200. The first-order valence-electron chi connectivity index (χ1n) is 8.42. The predicted octanol–water partition coefficient (Wildman–Crippen LogP) is 4.74. The molecule has 5 heteroatoms. The molecule has 1 amide bonds. The summed E-state index contributed by atoms with van der Waals surface area (Å²) in [5.74, 6) is 0.616. The second-order valence-electron chi connectivity index (χ2n) is 6.21. The van der Waals surface area contributed by atoms with Crippen LogP contribution in [0.5, 0.6) is 0 Å². The van der Waals surface area contributed by atoms with E-state index in [4.69, 9.17) is 16.6 Å². The standard InChI is InChI=1S/C20H18ClN3O/c21-15-7-9-16(10-8-15)22-20(25)17-13-14-5-1-2-6-18(14)23-19(17)24-11-3-4-12-24/h1-2,5-10,13H,3-4,11-12H2,(H,22,25). The lowest BCUT2D eigenvalue weighted by Crippen LogP contribution is -2.24. The summed E-state index contributed by atoms with van der Waals surface area (Å²) >= 11 is 5.91. The first kappa shape index (κ1) is 15.9. The molecule has 1 saturated heterocycles. The summed E-state index contributed by atoms with van der Waals surface area (Å²) in [6.45, 7) is 1.87. The van der Waals surface area contributed by atoms with Crippen LogP contribution < -0.4 is 10.2 Å². The number of halogens is 1. The summed E-state index contributed by atoms with van der Waals surface area (Å²) in [6, 6.07) is 16.9. The fourth-order valence-electron chi connectivity index (χ4n) is 3.17. The normalized spacial score (nSPS) is 14.0. The van der Waals surface area contributed by atoms with Gasteiger partial charge in [-0.2, -0.15) is 0 Å². The van der Waals surface area contributed by atoms with Crippen molar-refractivity contribution in [1.82, 2.24) is 4.98 Å². The Hall–Kier alpha value is -2.59. The SMILES string of the molecule is O=C(Nc1ccc(Cl)cc1)c1cc2ccccc2nc1N1CCCC1. The maximum atomic E-state index is 12.9. The van der Waals surface area contributed by atoms with Crippen molar-refractivity contribution in [2.75, 3.05) is 23.3 Å². The van der Waals surface area contributed by atoms with Gasteiger partial charge in [-0.1, -0.05) is 29.8 Å². The summed E-state index contributed by atoms with van der Waals surface area (Å²) in [5.41, 5.74) is 2.23. The van der Waals surface area contributed by atoms with Crippen LogP contribution in [-0.4, -0.2) is 24.0 Å². The lowest BCUT2D eigenvalue weighted by molar-refractivity contribution is 0.102. The zero-order valence-electron chi connectivity index (χ0n) is 13.7. The molecule has 4 nitrogen and oxygen atoms in total. The van der Waals surface area contributed by atoms with E-state index in [9.17, 15) is 4.79 Å². The molecule has 0 atom stereocenters. The second kappa shape index (κ2) is 6.73. The molecule has 0 aliphatic carbocycles. The van der Waals surface area contributed by atoms with Crippen molar-refractivity contribution in [2.45, 2.75) is 12.8 Å². The minimum absolute atomic E-state index is 0.150. The molecule has 2 heterocycles. The van der Waals surface area contributed by atoms with Gasteiger partial charge in [-0.05, 0) is 49.2 Å². The number of nitrogens with zero attached hydrogens (tertiary/aromatic N) is 2. The van der Waals surface area contributed by atoms with Crippen molar-refractivity contribution < 1.29 is 4.79 Å². The Bertz CT molecular complexity index is 918. The molecule has 1 aromatic heterocycles. The number of pyridine rings is 1. The minimum Gasteiger partial charge on any atom is -0.356 e. The van der Waals surface area contributed by atoms with Crippen LogP contribution in [0.1, 0.15) is 23.2 Å². The zero-order chi connectivity index (χ0) is 17.2. The van der Waals surface area contributed by atoms with Crippen LogP contribution in [-0.2, 0) is 0 Å². The third-order valence-electron chi connectivity index (χ3n) is 4.46. The maximum absolute atomic E-state index is 12.9. The van der Waals surface area contributed by atoms with Gasteiger partial charge < -0.3 is 10.2 Å². The van der Waals surface area contributed by atoms with E-state index in [1.54, 1.807) is 24.3 Å². The van der Waals surface area contributed by atoms with Crippen molar-refractivity contribution in [1.29, 1.82) is 0 Å². The average molecular weight is 352 g/mol. The number of aromatic nitrogens is 1. The zero-order valence-corrected chi connectivity index (χ0v) is 14.5. The van der Waals surface area contributed by atoms with Gasteiger partial charge in [0.15, 0.2) is 0 Å². The Balaban J connectivity index is 1.74. The number of hydrogen-bond donors (Lipinski definition) is 1. The Kier molecular flexibility index (Phi) is 4.28. The van der Waals surface area contributed by atoms with E-state index < -0.39 is 0 Å². The molecule has 3 aromatic rings. The molecule has 0 saturated carbocycles. The van der Waals surface area contributed by atoms with Crippen molar-refractivity contribution in [3.8, 4) is 0 Å². The molecule has 0 unspecified atom stereocenters. The lowest BCUT2D eigenvalue weighted by Gasteiger charge is -2.20. The predicted molar refractivity (Wildman–Crippen MR) is 103 cm³/mol. The maximum Gasteiger partial charge on any atom is 0.259 e. The average Bonchev–Trinajstić information content (AvgIpc) is 3.17. The number of amides is 1. The number of para-hydroxylation sites is 1. The molecule has 1 aliphatic rings. The Labute approximate surface area is 151 Å². The number of carbonyl (C=O) groups is 1. The molecule has 126 valence electrons. The van der Waals surface area contributed by atoms with Gasteiger partial charge in [-0.25, -0.2) is 4.98 Å². The van der Waals surface area contributed by atoms with Gasteiger partial charge >= 0.3 is 0 Å². The Morgan fingerprint density at radius 2 is 1.76 bits per heavy atom. The number of fused-ring (bicyclic) bond motifs is 1. The van der Waals surface area contributed by atoms with Crippen molar-refractivity contribution in [2.24, 2.45) is 0 Å². The first-order valence-corrected chi connectivity index (χ1v) is 8.80. The topological polar surface area (TPSA) is 45.2 Å². The van der Waals surface area contributed by atoms with Gasteiger partial charge in [0, 0.05) is 29.2 Å². The molecule has 2 aromatic carbocycles. The first-order chi connectivity index (χ1) is 12.2. The van der Waals surface area contributed by atoms with Gasteiger partial charge in [0.2, 0.25) is 0 Å². The van der Waals surface area contributed by atoms with Crippen LogP contribution in [0.25, 0.3) is 10.9 Å². The summed E-state index contributed by atoms with van der Waals surface area (Å²) in [5, 5.41) is 4.56. The van der Waals surface area contributed by atoms with Crippen LogP contribution in [0.3, 0.4) is 0 Å². The third-order valence-corrected chi connectivity index (χ3v) is 4.71. The van der Waals surface area contributed by atoms with E-state index >= 15 is 0 Å². The van der Waals surface area contributed by atoms with E-state index in [0.29, 0.717) is 10.6 Å². The molecular formula is C20H18ClN3O. The van der Waals surface area contributed by atoms with Gasteiger partial charge in [-0.15, -0.1) is 0 Å². The molecule has 4 rings (SSSR count). The smallest absolute Gasteiger partial charge is 0.259 e. The monoisotopic (exact) mass is 351 g/mol. The molecule has 0 spiro atoms. The lowest BCUT2D eigenvalue weighted by atomic mass is 10.1. The van der Waals surface area contributed by atoms with Crippen LogP contribution in [0.15, 0.2) is 54.6 Å². The highest BCUT2D eigenvalue weighted by Crippen LogP contribution is 2.27. The molecule has 1 N–H and O–H groups in total. The number of rotatable bonds is 3. The van der Waals surface area contributed by atoms with Crippen LogP contribution >= 0.6 is 11.6 Å². The van der Waals surface area contributed by atoms with Gasteiger partial charge in [0.25, 0.3) is 5.91 Å². The molecule has 25 heavy (non-hydrogen) atoms. The van der Waals surface area contributed by atoms with Crippen LogP contribution in [0, 0.1) is 0 Å². The Morgan fingerprint density at radius 1 is 1.04 bits per heavy atom. The number of anilines is 2. The number of carbonyl (C=O) groups excluding carboxylic acids is 1. The number of nitrogens with one attached hydrogen (secondary N) is 1. The highest BCUT2D eigenvalue weighted by molar-refractivity contribution is 6.30. The minimum atomic E-state index is -0.150. The van der Waals surface area contributed by atoms with E-state index in [1.807, 2.05) is 30.3 Å². The molecule has 1 fully saturated rings. The number of benzene rings is 2. The van der Waals surface area contributed by atoms with Crippen LogP contribution in [0.4, 0.5) is 11.5 Å². The largest absolute Gasteiger partial charge is 0.356 e. The third kappa shape index (κ3) is 3.30. The quantitative estimate of drug-likeness (QED) is 0.741. The van der Waals surface area contributed by atoms with E-state index in [0.717, 1.165) is 48.3 Å². The van der Waals surface area contributed by atoms with E-state index in [1.165, 1.54) is 0 Å². The molecule has 1 aliphatic heterocycles. The molecular weight excluding hydrogens is 334 g/mol.